The molecule has 2 aromatic carbocycles. The number of aliphatic hydroxyl groups excluding tert-OH is 1. The van der Waals surface area contributed by atoms with E-state index < -0.39 is 23.6 Å². The lowest BCUT2D eigenvalue weighted by molar-refractivity contribution is 0.0187. The molecule has 0 radical (unpaired) electrons. The zero-order valence-corrected chi connectivity index (χ0v) is 16.6. The first-order valence-corrected chi connectivity index (χ1v) is 9.05. The van der Waals surface area contributed by atoms with Crippen LogP contribution in [0.3, 0.4) is 0 Å². The van der Waals surface area contributed by atoms with Crippen LogP contribution in [-0.4, -0.2) is 23.7 Å². The fourth-order valence-electron chi connectivity index (χ4n) is 1.99. The summed E-state index contributed by atoms with van der Waals surface area (Å²) in [7, 11) is 0. The minimum Gasteiger partial charge on any atom is -0.393 e. The summed E-state index contributed by atoms with van der Waals surface area (Å²) in [6.07, 6.45) is -0.281. The lowest BCUT2D eigenvalue weighted by Crippen LogP contribution is -2.26. The van der Waals surface area contributed by atoms with Gasteiger partial charge in [-0.25, -0.2) is 14.3 Å². The van der Waals surface area contributed by atoms with Crippen molar-refractivity contribution in [3.05, 3.63) is 56.1 Å². The second-order valence-electron chi connectivity index (χ2n) is 5.45. The van der Waals surface area contributed by atoms with Gasteiger partial charge in [0.25, 0.3) is 5.91 Å². The van der Waals surface area contributed by atoms with Gasteiger partial charge in [-0.15, -0.1) is 0 Å². The second-order valence-corrected chi connectivity index (χ2v) is 7.10. The smallest absolute Gasteiger partial charge is 0.277 e. The van der Waals surface area contributed by atoms with Gasteiger partial charge in [-0.05, 0) is 66.3 Å². The summed E-state index contributed by atoms with van der Waals surface area (Å²) in [6.45, 7) is 1.64. The first-order valence-electron chi connectivity index (χ1n) is 7.60. The highest BCUT2D eigenvalue weighted by molar-refractivity contribution is 14.1. The molecule has 0 spiro atoms. The number of hydrogen-bond donors (Lipinski definition) is 3. The van der Waals surface area contributed by atoms with Gasteiger partial charge in [-0.2, -0.15) is 0 Å². The molecular formula is C17H16ClF2IN2O3. The van der Waals surface area contributed by atoms with E-state index in [0.29, 0.717) is 17.1 Å². The van der Waals surface area contributed by atoms with Crippen molar-refractivity contribution in [1.82, 2.24) is 5.48 Å². The normalized spacial score (nSPS) is 11.9. The molecule has 5 nitrogen and oxygen atoms in total. The molecule has 26 heavy (non-hydrogen) atoms. The van der Waals surface area contributed by atoms with Gasteiger partial charge in [0.15, 0.2) is 11.6 Å². The average molecular weight is 497 g/mol. The molecule has 0 saturated carbocycles. The molecule has 2 aromatic rings. The number of nitrogens with one attached hydrogen (secondary N) is 2. The van der Waals surface area contributed by atoms with Gasteiger partial charge in [-0.1, -0.05) is 11.6 Å². The third kappa shape index (κ3) is 5.50. The number of rotatable bonds is 7. The summed E-state index contributed by atoms with van der Waals surface area (Å²) in [4.78, 5) is 17.2. The van der Waals surface area contributed by atoms with E-state index in [1.54, 1.807) is 25.1 Å². The van der Waals surface area contributed by atoms with E-state index in [1.807, 2.05) is 0 Å². The number of amides is 1. The third-order valence-electron chi connectivity index (χ3n) is 3.33. The van der Waals surface area contributed by atoms with E-state index in [4.69, 9.17) is 21.5 Å². The number of hydroxylamine groups is 1. The monoisotopic (exact) mass is 496 g/mol. The summed E-state index contributed by atoms with van der Waals surface area (Å²) in [5, 5.41) is 12.1. The summed E-state index contributed by atoms with van der Waals surface area (Å²) in [5.41, 5.74) is 1.94. The zero-order chi connectivity index (χ0) is 19.3. The molecule has 0 aromatic heterocycles. The topological polar surface area (TPSA) is 70.6 Å². The first kappa shape index (κ1) is 20.8. The predicted octanol–water partition coefficient (Wildman–Crippen LogP) is 4.40. The Kier molecular flexibility index (Phi) is 7.56. The van der Waals surface area contributed by atoms with Gasteiger partial charge in [0.05, 0.1) is 34.7 Å². The number of carbonyl (C=O) groups is 1. The van der Waals surface area contributed by atoms with Crippen molar-refractivity contribution in [3.8, 4) is 0 Å². The van der Waals surface area contributed by atoms with Gasteiger partial charge in [0.2, 0.25) is 0 Å². The number of benzene rings is 2. The van der Waals surface area contributed by atoms with E-state index in [1.165, 1.54) is 0 Å². The summed E-state index contributed by atoms with van der Waals surface area (Å²) in [5.74, 6) is -3.09. The molecule has 1 atom stereocenters. The predicted molar refractivity (Wildman–Crippen MR) is 104 cm³/mol. The Balaban J connectivity index is 2.24. The summed E-state index contributed by atoms with van der Waals surface area (Å²) >= 11 is 8.16. The number of anilines is 2. The molecule has 0 bridgehead atoms. The fourth-order valence-corrected chi connectivity index (χ4v) is 2.89. The molecule has 0 heterocycles. The van der Waals surface area contributed by atoms with Crippen molar-refractivity contribution >= 4 is 51.5 Å². The minimum absolute atomic E-state index is 0.0682. The summed E-state index contributed by atoms with van der Waals surface area (Å²) < 4.78 is 28.8. The van der Waals surface area contributed by atoms with Crippen molar-refractivity contribution in [1.29, 1.82) is 0 Å². The molecule has 3 N–H and O–H groups in total. The van der Waals surface area contributed by atoms with Crippen LogP contribution in [0.2, 0.25) is 5.02 Å². The van der Waals surface area contributed by atoms with Crippen LogP contribution in [0, 0.1) is 15.2 Å². The van der Waals surface area contributed by atoms with E-state index in [2.05, 4.69) is 33.4 Å². The highest BCUT2D eigenvalue weighted by atomic mass is 127. The van der Waals surface area contributed by atoms with Crippen LogP contribution < -0.4 is 10.8 Å². The lowest BCUT2D eigenvalue weighted by atomic mass is 10.1. The van der Waals surface area contributed by atoms with Crippen LogP contribution in [-0.2, 0) is 4.84 Å². The largest absolute Gasteiger partial charge is 0.393 e. The van der Waals surface area contributed by atoms with Gasteiger partial charge in [0, 0.05) is 3.57 Å². The Hall–Kier alpha value is -1.49. The van der Waals surface area contributed by atoms with Gasteiger partial charge in [0.1, 0.15) is 0 Å². The number of aliphatic hydroxyl groups is 1. The Bertz CT molecular complexity index is 806. The summed E-state index contributed by atoms with van der Waals surface area (Å²) in [6, 6.07) is 6.94. The number of hydrogen-bond acceptors (Lipinski definition) is 4. The molecule has 2 rings (SSSR count). The quantitative estimate of drug-likeness (QED) is 0.302. The highest BCUT2D eigenvalue weighted by Crippen LogP contribution is 2.31. The van der Waals surface area contributed by atoms with E-state index in [-0.39, 0.29) is 17.9 Å². The molecule has 9 heteroatoms. The molecule has 0 aliphatic rings. The zero-order valence-electron chi connectivity index (χ0n) is 13.7. The maximum absolute atomic E-state index is 14.3. The fraction of sp³-hybridized carbons (Fsp3) is 0.235. The van der Waals surface area contributed by atoms with Crippen LogP contribution in [0.4, 0.5) is 20.2 Å². The standard InChI is InChI=1S/C17H16ClF2IN2O3/c1-9(24)6-7-26-23-17(25)11-3-4-13(19)15(20)16(11)22-14-5-2-10(21)8-12(14)18/h2-5,8-9,22,24H,6-7H2,1H3,(H,23,25). The van der Waals surface area contributed by atoms with E-state index in [0.717, 1.165) is 15.7 Å². The number of halogens is 4. The minimum atomic E-state index is -1.21. The molecule has 1 amide bonds. The van der Waals surface area contributed by atoms with Gasteiger partial charge >= 0.3 is 0 Å². The lowest BCUT2D eigenvalue weighted by Gasteiger charge is -2.15. The van der Waals surface area contributed by atoms with Gasteiger partial charge < -0.3 is 10.4 Å². The van der Waals surface area contributed by atoms with E-state index in [9.17, 15) is 13.6 Å². The molecule has 140 valence electrons. The maximum Gasteiger partial charge on any atom is 0.277 e. The molecule has 0 saturated heterocycles. The van der Waals surface area contributed by atoms with Crippen LogP contribution in [0.15, 0.2) is 30.3 Å². The Labute approximate surface area is 167 Å². The molecule has 0 aliphatic heterocycles. The molecule has 0 aliphatic carbocycles. The highest BCUT2D eigenvalue weighted by Gasteiger charge is 2.20. The first-order chi connectivity index (χ1) is 12.3. The Morgan fingerprint density at radius 3 is 2.73 bits per heavy atom. The molecular weight excluding hydrogens is 481 g/mol. The van der Waals surface area contributed by atoms with Crippen LogP contribution in [0.1, 0.15) is 23.7 Å². The van der Waals surface area contributed by atoms with Crippen molar-refractivity contribution in [3.63, 3.8) is 0 Å². The maximum atomic E-state index is 14.3. The molecule has 0 fully saturated rings. The SMILES string of the molecule is CC(O)CCONC(=O)c1ccc(F)c(F)c1Nc1ccc(I)cc1Cl. The van der Waals surface area contributed by atoms with Crippen molar-refractivity contribution < 1.29 is 23.5 Å². The van der Waals surface area contributed by atoms with Crippen molar-refractivity contribution in [2.45, 2.75) is 19.4 Å². The van der Waals surface area contributed by atoms with Crippen LogP contribution in [0.25, 0.3) is 0 Å². The van der Waals surface area contributed by atoms with Crippen molar-refractivity contribution in [2.24, 2.45) is 0 Å². The van der Waals surface area contributed by atoms with Crippen molar-refractivity contribution in [2.75, 3.05) is 11.9 Å². The van der Waals surface area contributed by atoms with Crippen LogP contribution >= 0.6 is 34.2 Å². The number of carbonyl (C=O) groups excluding carboxylic acids is 1. The van der Waals surface area contributed by atoms with E-state index >= 15 is 0 Å². The average Bonchev–Trinajstić information content (AvgIpc) is 2.57. The third-order valence-corrected chi connectivity index (χ3v) is 4.32. The van der Waals surface area contributed by atoms with Gasteiger partial charge in [-0.3, -0.25) is 9.63 Å². The Morgan fingerprint density at radius 2 is 2.08 bits per heavy atom. The Morgan fingerprint density at radius 1 is 1.35 bits per heavy atom. The second kappa shape index (κ2) is 9.45. The molecule has 1 unspecified atom stereocenters. The van der Waals surface area contributed by atoms with Crippen LogP contribution in [0.5, 0.6) is 0 Å².